The van der Waals surface area contributed by atoms with Gasteiger partial charge in [-0.3, -0.25) is 10.1 Å². The highest BCUT2D eigenvalue weighted by atomic mass is 32.2. The molecule has 0 bridgehead atoms. The van der Waals surface area contributed by atoms with E-state index < -0.39 is 10.7 Å². The van der Waals surface area contributed by atoms with Crippen LogP contribution in [0.5, 0.6) is 17.2 Å². The Hall–Kier alpha value is -2.55. The van der Waals surface area contributed by atoms with Crippen LogP contribution in [-0.4, -0.2) is 24.9 Å². The molecule has 0 fully saturated rings. The molecule has 0 amide bonds. The normalized spacial score (nSPS) is 10.6. The number of hydrogen-bond donors (Lipinski definition) is 0. The summed E-state index contributed by atoms with van der Waals surface area (Å²) in [6.07, 6.45) is 0. The maximum Gasteiger partial charge on any atom is 0.314 e. The smallest absolute Gasteiger partial charge is 0.314 e. The van der Waals surface area contributed by atoms with E-state index in [1.165, 1.54) is 32.4 Å². The van der Waals surface area contributed by atoms with Crippen LogP contribution in [0.1, 0.15) is 5.56 Å². The molecule has 9 heteroatoms. The van der Waals surface area contributed by atoms with Crippen molar-refractivity contribution in [3.8, 4) is 17.2 Å². The van der Waals surface area contributed by atoms with E-state index in [0.29, 0.717) is 28.0 Å². The standard InChI is InChI=1S/C16H15F2NO5S/c1-22-11-4-5-13(12(8-11)19(20)21)24-9-10-3-6-15(25-16(17)18)14(7-10)23-2/h3-8,16H,9H2,1-2H3. The molecule has 0 N–H and O–H groups in total. The Morgan fingerprint density at radius 3 is 2.48 bits per heavy atom. The molecule has 0 spiro atoms. The van der Waals surface area contributed by atoms with Crippen molar-refractivity contribution in [2.45, 2.75) is 17.3 Å². The van der Waals surface area contributed by atoms with Gasteiger partial charge in [0.15, 0.2) is 5.75 Å². The lowest BCUT2D eigenvalue weighted by Crippen LogP contribution is -2.00. The zero-order valence-corrected chi connectivity index (χ0v) is 14.2. The second-order valence-corrected chi connectivity index (χ2v) is 5.78. The number of hydrogen-bond acceptors (Lipinski definition) is 6. The van der Waals surface area contributed by atoms with E-state index in [9.17, 15) is 18.9 Å². The molecule has 0 aliphatic carbocycles. The lowest BCUT2D eigenvalue weighted by molar-refractivity contribution is -0.386. The van der Waals surface area contributed by atoms with Crippen molar-refractivity contribution in [3.05, 3.63) is 52.1 Å². The lowest BCUT2D eigenvalue weighted by Gasteiger charge is -2.11. The Morgan fingerprint density at radius 2 is 1.88 bits per heavy atom. The van der Waals surface area contributed by atoms with Crippen molar-refractivity contribution in [1.82, 2.24) is 0 Å². The van der Waals surface area contributed by atoms with E-state index in [0.717, 1.165) is 0 Å². The maximum absolute atomic E-state index is 12.5. The molecule has 134 valence electrons. The number of alkyl halides is 2. The van der Waals surface area contributed by atoms with Crippen LogP contribution in [0, 0.1) is 10.1 Å². The van der Waals surface area contributed by atoms with Gasteiger partial charge in [0.25, 0.3) is 5.76 Å². The molecule has 0 radical (unpaired) electrons. The van der Waals surface area contributed by atoms with Crippen LogP contribution in [0.3, 0.4) is 0 Å². The first-order chi connectivity index (χ1) is 11.9. The molecule has 2 aromatic rings. The average Bonchev–Trinajstić information content (AvgIpc) is 2.60. The number of methoxy groups -OCH3 is 2. The molecule has 0 atom stereocenters. The largest absolute Gasteiger partial charge is 0.496 e. The summed E-state index contributed by atoms with van der Waals surface area (Å²) in [5, 5.41) is 11.1. The highest BCUT2D eigenvalue weighted by Crippen LogP contribution is 2.35. The van der Waals surface area contributed by atoms with Crippen LogP contribution < -0.4 is 14.2 Å². The molecular weight excluding hydrogens is 356 g/mol. The third kappa shape index (κ3) is 4.96. The molecule has 0 saturated carbocycles. The Morgan fingerprint density at radius 1 is 1.12 bits per heavy atom. The SMILES string of the molecule is COc1ccc(OCc2ccc(SC(F)F)c(OC)c2)c([N+](=O)[O-])c1. The molecule has 2 rings (SSSR count). The summed E-state index contributed by atoms with van der Waals surface area (Å²) >= 11 is 0.381. The Bertz CT molecular complexity index is 757. The number of thioether (sulfide) groups is 1. The van der Waals surface area contributed by atoms with Gasteiger partial charge in [0.1, 0.15) is 18.1 Å². The van der Waals surface area contributed by atoms with Gasteiger partial charge < -0.3 is 14.2 Å². The van der Waals surface area contributed by atoms with E-state index in [2.05, 4.69) is 0 Å². The quantitative estimate of drug-likeness (QED) is 0.386. The Balaban J connectivity index is 2.17. The topological polar surface area (TPSA) is 70.8 Å². The minimum Gasteiger partial charge on any atom is -0.496 e. The van der Waals surface area contributed by atoms with E-state index in [4.69, 9.17) is 14.2 Å². The molecular formula is C16H15F2NO5S. The highest BCUT2D eigenvalue weighted by Gasteiger charge is 2.17. The molecule has 0 unspecified atom stereocenters. The van der Waals surface area contributed by atoms with Crippen molar-refractivity contribution >= 4 is 17.4 Å². The van der Waals surface area contributed by atoms with Gasteiger partial charge >= 0.3 is 5.69 Å². The number of halogens is 2. The number of nitrogens with zero attached hydrogens (tertiary/aromatic N) is 1. The molecule has 25 heavy (non-hydrogen) atoms. The molecule has 0 aliphatic heterocycles. The monoisotopic (exact) mass is 371 g/mol. The fourth-order valence-corrected chi connectivity index (χ4v) is 2.64. The van der Waals surface area contributed by atoms with E-state index >= 15 is 0 Å². The zero-order valence-electron chi connectivity index (χ0n) is 13.4. The predicted molar refractivity (Wildman–Crippen MR) is 88.8 cm³/mol. The van der Waals surface area contributed by atoms with Gasteiger partial charge in [-0.05, 0) is 29.8 Å². The minimum atomic E-state index is -2.56. The number of benzene rings is 2. The number of nitro benzene ring substituents is 1. The van der Waals surface area contributed by atoms with Crippen LogP contribution in [0.25, 0.3) is 0 Å². The summed E-state index contributed by atoms with van der Waals surface area (Å²) in [4.78, 5) is 10.9. The first-order valence-corrected chi connectivity index (χ1v) is 7.89. The minimum absolute atomic E-state index is 0.0170. The van der Waals surface area contributed by atoms with Crippen LogP contribution in [0.2, 0.25) is 0 Å². The third-order valence-corrected chi connectivity index (χ3v) is 3.97. The van der Waals surface area contributed by atoms with Gasteiger partial charge in [0.05, 0.1) is 30.1 Å². The van der Waals surface area contributed by atoms with E-state index in [-0.39, 0.29) is 23.8 Å². The van der Waals surface area contributed by atoms with Crippen molar-refractivity contribution in [2.24, 2.45) is 0 Å². The van der Waals surface area contributed by atoms with Crippen LogP contribution in [0.4, 0.5) is 14.5 Å². The average molecular weight is 371 g/mol. The summed E-state index contributed by atoms with van der Waals surface area (Å²) in [5.41, 5.74) is 0.400. The number of nitro groups is 1. The number of ether oxygens (including phenoxy) is 3. The first kappa shape index (κ1) is 18.8. The first-order valence-electron chi connectivity index (χ1n) is 7.01. The van der Waals surface area contributed by atoms with Crippen molar-refractivity contribution in [1.29, 1.82) is 0 Å². The molecule has 0 aliphatic rings. The predicted octanol–water partition coefficient (Wildman–Crippen LogP) is 4.51. The van der Waals surface area contributed by atoms with Crippen molar-refractivity contribution < 1.29 is 27.9 Å². The van der Waals surface area contributed by atoms with E-state index in [1.807, 2.05) is 0 Å². The second kappa shape index (κ2) is 8.52. The molecule has 0 saturated heterocycles. The van der Waals surface area contributed by atoms with Crippen molar-refractivity contribution in [3.63, 3.8) is 0 Å². The van der Waals surface area contributed by atoms with Crippen LogP contribution >= 0.6 is 11.8 Å². The Kier molecular flexibility index (Phi) is 6.40. The van der Waals surface area contributed by atoms with Gasteiger partial charge in [0, 0.05) is 0 Å². The molecule has 6 nitrogen and oxygen atoms in total. The maximum atomic E-state index is 12.5. The number of rotatable bonds is 8. The molecule has 0 heterocycles. The van der Waals surface area contributed by atoms with Crippen LogP contribution in [-0.2, 0) is 6.61 Å². The summed E-state index contributed by atoms with van der Waals surface area (Å²) in [6.45, 7) is 0.0170. The summed E-state index contributed by atoms with van der Waals surface area (Å²) in [7, 11) is 2.79. The van der Waals surface area contributed by atoms with Crippen LogP contribution in [0.15, 0.2) is 41.3 Å². The van der Waals surface area contributed by atoms with Gasteiger partial charge in [-0.15, -0.1) is 0 Å². The van der Waals surface area contributed by atoms with Gasteiger partial charge in [-0.1, -0.05) is 17.8 Å². The summed E-state index contributed by atoms with van der Waals surface area (Å²) in [5.74, 6) is -1.85. The molecule has 0 aromatic heterocycles. The summed E-state index contributed by atoms with van der Waals surface area (Å²) in [6, 6.07) is 8.90. The fourth-order valence-electron chi connectivity index (χ4n) is 2.05. The summed E-state index contributed by atoms with van der Waals surface area (Å²) < 4.78 is 40.5. The Labute approximate surface area is 146 Å². The van der Waals surface area contributed by atoms with Crippen molar-refractivity contribution in [2.75, 3.05) is 14.2 Å². The van der Waals surface area contributed by atoms with Gasteiger partial charge in [0.2, 0.25) is 0 Å². The lowest BCUT2D eigenvalue weighted by atomic mass is 10.2. The second-order valence-electron chi connectivity index (χ2n) is 4.74. The molecule has 2 aromatic carbocycles. The van der Waals surface area contributed by atoms with E-state index in [1.54, 1.807) is 18.2 Å². The van der Waals surface area contributed by atoms with Gasteiger partial charge in [-0.2, -0.15) is 8.78 Å². The highest BCUT2D eigenvalue weighted by molar-refractivity contribution is 7.99. The third-order valence-electron chi connectivity index (χ3n) is 3.20. The zero-order chi connectivity index (χ0) is 18.4. The fraction of sp³-hybridized carbons (Fsp3) is 0.250. The van der Waals surface area contributed by atoms with Gasteiger partial charge in [-0.25, -0.2) is 0 Å².